The van der Waals surface area contributed by atoms with Crippen molar-refractivity contribution in [2.24, 2.45) is 5.10 Å². The largest absolute Gasteiger partial charge is 0.255 e. The first-order valence-electron chi connectivity index (χ1n) is 5.83. The van der Waals surface area contributed by atoms with Gasteiger partial charge in [-0.3, -0.25) is 4.98 Å². The van der Waals surface area contributed by atoms with Crippen molar-refractivity contribution >= 4 is 22.9 Å². The van der Waals surface area contributed by atoms with Gasteiger partial charge in [-0.15, -0.1) is 0 Å². The van der Waals surface area contributed by atoms with Gasteiger partial charge in [-0.05, 0) is 17.5 Å². The summed E-state index contributed by atoms with van der Waals surface area (Å²) in [5, 5.41) is 6.30. The number of nitrogens with zero attached hydrogens (tertiary/aromatic N) is 4. The molecule has 0 bridgehead atoms. The van der Waals surface area contributed by atoms with Crippen molar-refractivity contribution in [2.45, 2.75) is 0 Å². The number of hydrogen-bond donors (Lipinski definition) is 1. The smallest absolute Gasteiger partial charge is 0.243 e. The number of rotatable bonds is 3. The van der Waals surface area contributed by atoms with E-state index < -0.39 is 0 Å². The van der Waals surface area contributed by atoms with E-state index in [2.05, 4.69) is 25.5 Å². The highest BCUT2D eigenvalue weighted by molar-refractivity contribution is 5.88. The monoisotopic (exact) mass is 249 g/mol. The normalized spacial score (nSPS) is 10.9. The predicted molar refractivity (Wildman–Crippen MR) is 75.0 cm³/mol. The molecule has 92 valence electrons. The van der Waals surface area contributed by atoms with Crippen molar-refractivity contribution in [1.82, 2.24) is 15.0 Å². The van der Waals surface area contributed by atoms with Crippen LogP contribution in [-0.4, -0.2) is 21.2 Å². The fourth-order valence-corrected chi connectivity index (χ4v) is 1.68. The zero-order valence-electron chi connectivity index (χ0n) is 10.1. The van der Waals surface area contributed by atoms with E-state index in [1.54, 1.807) is 24.7 Å². The van der Waals surface area contributed by atoms with Crippen LogP contribution < -0.4 is 5.43 Å². The van der Waals surface area contributed by atoms with Crippen LogP contribution in [0.15, 0.2) is 60.1 Å². The zero-order chi connectivity index (χ0) is 12.9. The van der Waals surface area contributed by atoms with E-state index in [1.807, 2.05) is 36.5 Å². The molecule has 2 aromatic heterocycles. The summed E-state index contributed by atoms with van der Waals surface area (Å²) in [6.45, 7) is 0. The average molecular weight is 249 g/mol. The lowest BCUT2D eigenvalue weighted by atomic mass is 10.1. The van der Waals surface area contributed by atoms with Gasteiger partial charge in [-0.1, -0.05) is 24.3 Å². The van der Waals surface area contributed by atoms with Crippen LogP contribution in [-0.2, 0) is 0 Å². The van der Waals surface area contributed by atoms with Crippen LogP contribution in [0, 0.1) is 0 Å². The second-order valence-electron chi connectivity index (χ2n) is 3.90. The number of hydrazone groups is 1. The molecule has 0 radical (unpaired) electrons. The third-order valence-corrected chi connectivity index (χ3v) is 2.58. The van der Waals surface area contributed by atoms with E-state index >= 15 is 0 Å². The minimum atomic E-state index is 0.458. The Hall–Kier alpha value is -2.82. The topological polar surface area (TPSA) is 63.1 Å². The van der Waals surface area contributed by atoms with Gasteiger partial charge < -0.3 is 0 Å². The number of fused-ring (bicyclic) bond motifs is 1. The van der Waals surface area contributed by atoms with Gasteiger partial charge in [0.25, 0.3) is 0 Å². The minimum absolute atomic E-state index is 0.458. The summed E-state index contributed by atoms with van der Waals surface area (Å²) < 4.78 is 0. The second-order valence-corrected chi connectivity index (χ2v) is 3.90. The summed E-state index contributed by atoms with van der Waals surface area (Å²) in [5.74, 6) is 0.458. The van der Waals surface area contributed by atoms with Gasteiger partial charge >= 0.3 is 0 Å². The maximum Gasteiger partial charge on any atom is 0.243 e. The van der Waals surface area contributed by atoms with Gasteiger partial charge in [-0.25, -0.2) is 15.4 Å². The standard InChI is InChI=1S/C14H11N5/c1-2-5-12-9-17-13(8-11(12)4-1)10-18-19-14-15-6-3-7-16-14/h1-10H,(H,15,16,19). The molecule has 0 unspecified atom stereocenters. The summed E-state index contributed by atoms with van der Waals surface area (Å²) in [7, 11) is 0. The van der Waals surface area contributed by atoms with Crippen molar-refractivity contribution in [2.75, 3.05) is 5.43 Å². The third kappa shape index (κ3) is 2.71. The Kier molecular flexibility index (Phi) is 3.10. The number of aromatic nitrogens is 3. The van der Waals surface area contributed by atoms with Crippen molar-refractivity contribution < 1.29 is 0 Å². The molecule has 0 spiro atoms. The third-order valence-electron chi connectivity index (χ3n) is 2.58. The summed E-state index contributed by atoms with van der Waals surface area (Å²) in [4.78, 5) is 12.3. The fraction of sp³-hybridized carbons (Fsp3) is 0. The van der Waals surface area contributed by atoms with Crippen LogP contribution in [0.25, 0.3) is 10.8 Å². The quantitative estimate of drug-likeness (QED) is 0.572. The number of benzene rings is 1. The van der Waals surface area contributed by atoms with Crippen molar-refractivity contribution in [1.29, 1.82) is 0 Å². The van der Waals surface area contributed by atoms with E-state index in [1.165, 1.54) is 0 Å². The Morgan fingerprint density at radius 2 is 1.74 bits per heavy atom. The van der Waals surface area contributed by atoms with Crippen molar-refractivity contribution in [3.63, 3.8) is 0 Å². The summed E-state index contributed by atoms with van der Waals surface area (Å²) in [6, 6.07) is 11.8. The van der Waals surface area contributed by atoms with E-state index in [-0.39, 0.29) is 0 Å². The molecular formula is C14H11N5. The fourth-order valence-electron chi connectivity index (χ4n) is 1.68. The average Bonchev–Trinajstić information content (AvgIpc) is 2.48. The van der Waals surface area contributed by atoms with Gasteiger partial charge in [-0.2, -0.15) is 5.10 Å². The molecule has 0 fully saturated rings. The van der Waals surface area contributed by atoms with Crippen molar-refractivity contribution in [3.8, 4) is 0 Å². The highest BCUT2D eigenvalue weighted by Gasteiger charge is 1.95. The highest BCUT2D eigenvalue weighted by atomic mass is 15.3. The van der Waals surface area contributed by atoms with Gasteiger partial charge in [0, 0.05) is 24.0 Å². The number of anilines is 1. The van der Waals surface area contributed by atoms with Crippen LogP contribution >= 0.6 is 0 Å². The number of nitrogens with one attached hydrogen (secondary N) is 1. The van der Waals surface area contributed by atoms with Crippen LogP contribution in [0.2, 0.25) is 0 Å². The molecule has 0 aliphatic carbocycles. The first-order valence-corrected chi connectivity index (χ1v) is 5.83. The Morgan fingerprint density at radius 1 is 0.947 bits per heavy atom. The van der Waals surface area contributed by atoms with Crippen LogP contribution in [0.4, 0.5) is 5.95 Å². The predicted octanol–water partition coefficient (Wildman–Crippen LogP) is 2.47. The first-order chi connectivity index (χ1) is 9.42. The maximum atomic E-state index is 4.31. The number of hydrogen-bond acceptors (Lipinski definition) is 5. The summed E-state index contributed by atoms with van der Waals surface area (Å²) in [6.07, 6.45) is 6.77. The second kappa shape index (κ2) is 5.22. The Balaban J connectivity index is 1.78. The summed E-state index contributed by atoms with van der Waals surface area (Å²) in [5.41, 5.74) is 3.53. The molecule has 0 aliphatic rings. The summed E-state index contributed by atoms with van der Waals surface area (Å²) >= 11 is 0. The number of pyridine rings is 1. The van der Waals surface area contributed by atoms with Crippen LogP contribution in [0.1, 0.15) is 5.69 Å². The lowest BCUT2D eigenvalue weighted by Gasteiger charge is -1.98. The molecule has 1 aromatic carbocycles. The molecule has 3 rings (SSSR count). The molecule has 0 aliphatic heterocycles. The molecule has 0 saturated heterocycles. The molecule has 0 saturated carbocycles. The van der Waals surface area contributed by atoms with E-state index in [4.69, 9.17) is 0 Å². The van der Waals surface area contributed by atoms with Crippen LogP contribution in [0.5, 0.6) is 0 Å². The van der Waals surface area contributed by atoms with Crippen LogP contribution in [0.3, 0.4) is 0 Å². The molecular weight excluding hydrogens is 238 g/mol. The minimum Gasteiger partial charge on any atom is -0.255 e. The molecule has 3 aromatic rings. The Labute approximate surface area is 110 Å². The SMILES string of the molecule is C(=NNc1ncccn1)c1cc2ccccc2cn1. The molecule has 5 heteroatoms. The van der Waals surface area contributed by atoms with Crippen molar-refractivity contribution in [3.05, 3.63) is 60.7 Å². The Morgan fingerprint density at radius 3 is 2.58 bits per heavy atom. The lowest BCUT2D eigenvalue weighted by molar-refractivity contribution is 1.12. The van der Waals surface area contributed by atoms with Gasteiger partial charge in [0.1, 0.15) is 0 Å². The first kappa shape index (κ1) is 11.3. The van der Waals surface area contributed by atoms with Gasteiger partial charge in [0.2, 0.25) is 5.95 Å². The van der Waals surface area contributed by atoms with E-state index in [9.17, 15) is 0 Å². The van der Waals surface area contributed by atoms with Gasteiger partial charge in [0.05, 0.1) is 11.9 Å². The van der Waals surface area contributed by atoms with Gasteiger partial charge in [0.15, 0.2) is 0 Å². The molecule has 19 heavy (non-hydrogen) atoms. The molecule has 0 amide bonds. The Bertz CT molecular complexity index is 709. The maximum absolute atomic E-state index is 4.31. The van der Waals surface area contributed by atoms with E-state index in [0.29, 0.717) is 5.95 Å². The molecule has 5 nitrogen and oxygen atoms in total. The zero-order valence-corrected chi connectivity index (χ0v) is 10.1. The molecule has 2 heterocycles. The van der Waals surface area contributed by atoms with E-state index in [0.717, 1.165) is 16.5 Å². The molecule has 0 atom stereocenters. The highest BCUT2D eigenvalue weighted by Crippen LogP contribution is 2.12. The molecule has 1 N–H and O–H groups in total. The lowest BCUT2D eigenvalue weighted by Crippen LogP contribution is -1.96.